The average Bonchev–Trinajstić information content (AvgIpc) is 3.98. The van der Waals surface area contributed by atoms with Gasteiger partial charge in [-0.05, 0) is 79.9 Å². The van der Waals surface area contributed by atoms with Crippen molar-refractivity contribution in [3.8, 4) is 55.8 Å². The van der Waals surface area contributed by atoms with Gasteiger partial charge in [0.1, 0.15) is 5.69 Å². The zero-order valence-corrected chi connectivity index (χ0v) is 37.8. The van der Waals surface area contributed by atoms with Crippen molar-refractivity contribution in [2.75, 3.05) is 4.90 Å². The molecule has 0 saturated carbocycles. The minimum Gasteiger partial charge on any atom is -0.308 e. The van der Waals surface area contributed by atoms with Crippen LogP contribution < -0.4 is 4.90 Å². The maximum atomic E-state index is 5.57. The summed E-state index contributed by atoms with van der Waals surface area (Å²) in [6.45, 7) is 0. The van der Waals surface area contributed by atoms with Crippen LogP contribution in [0.25, 0.3) is 72.1 Å². The molecule has 13 rings (SSSR count). The summed E-state index contributed by atoms with van der Waals surface area (Å²) < 4.78 is 2.14. The molecule has 0 atom stereocenters. The molecule has 0 saturated heterocycles. The van der Waals surface area contributed by atoms with Crippen LogP contribution in [-0.2, 0) is 5.41 Å². The Balaban J connectivity index is 1.18. The van der Waals surface area contributed by atoms with Crippen molar-refractivity contribution in [1.82, 2.24) is 9.61 Å². The summed E-state index contributed by atoms with van der Waals surface area (Å²) in [6.07, 6.45) is 2.27. The first-order valence-electron chi connectivity index (χ1n) is 23.7. The van der Waals surface area contributed by atoms with Crippen LogP contribution in [0.2, 0.25) is 0 Å². The number of anilines is 3. The third kappa shape index (κ3) is 6.54. The van der Waals surface area contributed by atoms with Crippen LogP contribution in [-0.4, -0.2) is 9.61 Å². The summed E-state index contributed by atoms with van der Waals surface area (Å²) in [5.41, 5.74) is 19.8. The highest BCUT2D eigenvalue weighted by atomic mass is 15.2. The van der Waals surface area contributed by atoms with Crippen molar-refractivity contribution in [1.29, 1.82) is 0 Å². The standard InChI is InChI=1S/C66H45N3/c1-7-24-46(25-8-1)50-42-51(47-26-9-2-10-27-47)44-54(43-50)69(60-41-23-40-59-63(60)57-38-21-22-39-58(57)66(59,52-32-15-5-16-33-52)53-34-17-6-18-35-53)61-45-68-65(56-37-20-19-36-55(56)61)62(48-28-11-3-12-29-48)64(67-68)49-30-13-4-14-31-49/h1-45H. The molecule has 10 aromatic carbocycles. The van der Waals surface area contributed by atoms with Gasteiger partial charge in [-0.2, -0.15) is 5.10 Å². The normalized spacial score (nSPS) is 12.5. The Hall–Kier alpha value is -9.05. The molecule has 0 spiro atoms. The van der Waals surface area contributed by atoms with E-state index in [1.165, 1.54) is 33.4 Å². The molecular formula is C66H45N3. The first-order chi connectivity index (χ1) is 34.3. The summed E-state index contributed by atoms with van der Waals surface area (Å²) in [6, 6.07) is 97.0. The average molecular weight is 880 g/mol. The Morgan fingerprint density at radius 2 is 0.826 bits per heavy atom. The first kappa shape index (κ1) is 40.2. The summed E-state index contributed by atoms with van der Waals surface area (Å²) >= 11 is 0. The fourth-order valence-electron chi connectivity index (χ4n) is 11.1. The van der Waals surface area contributed by atoms with Crippen molar-refractivity contribution in [2.24, 2.45) is 0 Å². The molecule has 0 fully saturated rings. The molecule has 2 aromatic heterocycles. The van der Waals surface area contributed by atoms with Crippen molar-refractivity contribution in [3.05, 3.63) is 295 Å². The van der Waals surface area contributed by atoms with Crippen molar-refractivity contribution < 1.29 is 0 Å². The lowest BCUT2D eigenvalue weighted by Crippen LogP contribution is -2.28. The summed E-state index contributed by atoms with van der Waals surface area (Å²) in [5, 5.41) is 7.81. The molecule has 0 N–H and O–H groups in total. The largest absolute Gasteiger partial charge is 0.308 e. The van der Waals surface area contributed by atoms with Gasteiger partial charge in [-0.3, -0.25) is 0 Å². The Kier molecular flexibility index (Phi) is 9.73. The number of hydrogen-bond donors (Lipinski definition) is 0. The van der Waals surface area contributed by atoms with Gasteiger partial charge in [0.2, 0.25) is 0 Å². The number of aromatic nitrogens is 2. The topological polar surface area (TPSA) is 20.5 Å². The molecule has 3 heteroatoms. The van der Waals surface area contributed by atoms with Crippen LogP contribution in [0.15, 0.2) is 273 Å². The number of fused-ring (bicyclic) bond motifs is 6. The lowest BCUT2D eigenvalue weighted by Gasteiger charge is -2.34. The zero-order valence-electron chi connectivity index (χ0n) is 37.8. The Morgan fingerprint density at radius 3 is 1.42 bits per heavy atom. The van der Waals surface area contributed by atoms with E-state index in [0.29, 0.717) is 0 Å². The predicted molar refractivity (Wildman–Crippen MR) is 286 cm³/mol. The van der Waals surface area contributed by atoms with Gasteiger partial charge in [-0.1, -0.05) is 243 Å². The molecule has 1 aliphatic carbocycles. The molecule has 69 heavy (non-hydrogen) atoms. The minimum absolute atomic E-state index is 0.583. The van der Waals surface area contributed by atoms with Gasteiger partial charge in [0.25, 0.3) is 0 Å². The Labute approximate surface area is 402 Å². The van der Waals surface area contributed by atoms with Gasteiger partial charge in [-0.15, -0.1) is 0 Å². The SMILES string of the molecule is c1ccc(-c2cc(-c3ccccc3)cc(N(c3cccc4c3-c3ccccc3C4(c3ccccc3)c3ccccc3)c3cn4nc(-c5ccccc5)c(-c5ccccc5)c4c4ccccc34)c2)cc1. The lowest BCUT2D eigenvalue weighted by atomic mass is 9.68. The second kappa shape index (κ2) is 16.7. The monoisotopic (exact) mass is 879 g/mol. The molecule has 324 valence electrons. The number of benzene rings is 10. The van der Waals surface area contributed by atoms with E-state index < -0.39 is 5.41 Å². The van der Waals surface area contributed by atoms with Gasteiger partial charge in [0.05, 0.1) is 28.5 Å². The third-order valence-electron chi connectivity index (χ3n) is 14.1. The van der Waals surface area contributed by atoms with Crippen LogP contribution >= 0.6 is 0 Å². The van der Waals surface area contributed by atoms with Gasteiger partial charge in [0, 0.05) is 33.2 Å². The molecule has 12 aromatic rings. The molecule has 1 aliphatic rings. The van der Waals surface area contributed by atoms with Crippen LogP contribution in [0.1, 0.15) is 22.3 Å². The van der Waals surface area contributed by atoms with Crippen molar-refractivity contribution >= 4 is 33.4 Å². The van der Waals surface area contributed by atoms with Crippen molar-refractivity contribution in [2.45, 2.75) is 5.41 Å². The van der Waals surface area contributed by atoms with Crippen LogP contribution in [0.4, 0.5) is 17.1 Å². The van der Waals surface area contributed by atoms with E-state index in [-0.39, 0.29) is 0 Å². The first-order valence-corrected chi connectivity index (χ1v) is 23.7. The van der Waals surface area contributed by atoms with E-state index in [4.69, 9.17) is 5.10 Å². The van der Waals surface area contributed by atoms with Gasteiger partial charge < -0.3 is 4.90 Å². The van der Waals surface area contributed by atoms with Gasteiger partial charge >= 0.3 is 0 Å². The molecule has 0 aliphatic heterocycles. The third-order valence-corrected chi connectivity index (χ3v) is 14.1. The lowest BCUT2D eigenvalue weighted by molar-refractivity contribution is 0.768. The molecule has 0 bridgehead atoms. The van der Waals surface area contributed by atoms with Gasteiger partial charge in [-0.25, -0.2) is 4.52 Å². The number of hydrogen-bond acceptors (Lipinski definition) is 2. The fourth-order valence-corrected chi connectivity index (χ4v) is 11.1. The smallest absolute Gasteiger partial charge is 0.101 e. The maximum absolute atomic E-state index is 5.57. The van der Waals surface area contributed by atoms with Crippen LogP contribution in [0.3, 0.4) is 0 Å². The van der Waals surface area contributed by atoms with Gasteiger partial charge in [0.15, 0.2) is 0 Å². The summed E-state index contributed by atoms with van der Waals surface area (Å²) in [5.74, 6) is 0. The number of nitrogens with zero attached hydrogens (tertiary/aromatic N) is 3. The highest BCUT2D eigenvalue weighted by Gasteiger charge is 2.47. The summed E-state index contributed by atoms with van der Waals surface area (Å²) in [4.78, 5) is 2.52. The van der Waals surface area contributed by atoms with E-state index in [9.17, 15) is 0 Å². The highest BCUT2D eigenvalue weighted by molar-refractivity contribution is 6.13. The Morgan fingerprint density at radius 1 is 0.348 bits per heavy atom. The molecule has 2 heterocycles. The Bertz CT molecular complexity index is 3710. The molecule has 3 nitrogen and oxygen atoms in total. The van der Waals surface area contributed by atoms with E-state index in [2.05, 4.69) is 283 Å². The number of pyridine rings is 1. The molecule has 0 radical (unpaired) electrons. The molecule has 0 amide bonds. The van der Waals surface area contributed by atoms with E-state index >= 15 is 0 Å². The predicted octanol–water partition coefficient (Wildman–Crippen LogP) is 17.0. The fraction of sp³-hybridized carbons (Fsp3) is 0.0152. The highest BCUT2D eigenvalue weighted by Crippen LogP contribution is 2.60. The van der Waals surface area contributed by atoms with E-state index in [1.54, 1.807) is 0 Å². The van der Waals surface area contributed by atoms with Crippen LogP contribution in [0, 0.1) is 0 Å². The van der Waals surface area contributed by atoms with E-state index in [1.807, 2.05) is 0 Å². The molecule has 0 unspecified atom stereocenters. The van der Waals surface area contributed by atoms with E-state index in [0.717, 1.165) is 78.0 Å². The van der Waals surface area contributed by atoms with Crippen LogP contribution in [0.5, 0.6) is 0 Å². The zero-order chi connectivity index (χ0) is 45.7. The second-order valence-corrected chi connectivity index (χ2v) is 17.9. The quantitative estimate of drug-likeness (QED) is 0.144. The number of rotatable bonds is 9. The maximum Gasteiger partial charge on any atom is 0.101 e. The second-order valence-electron chi connectivity index (χ2n) is 17.9. The molecular weight excluding hydrogens is 835 g/mol. The minimum atomic E-state index is -0.583. The summed E-state index contributed by atoms with van der Waals surface area (Å²) in [7, 11) is 0. The van der Waals surface area contributed by atoms with Crippen molar-refractivity contribution in [3.63, 3.8) is 0 Å².